The van der Waals surface area contributed by atoms with Gasteiger partial charge in [0.25, 0.3) is 0 Å². The first kappa shape index (κ1) is 13.9. The Bertz CT molecular complexity index is 615. The molecule has 1 aromatic rings. The maximum Gasteiger partial charge on any atom is 0.243 e. The quantitative estimate of drug-likeness (QED) is 0.893. The minimum atomic E-state index is -3.85. The molecule has 2 fully saturated rings. The number of sulfonamides is 1. The summed E-state index contributed by atoms with van der Waals surface area (Å²) in [6, 6.07) is 2.26. The Hall–Kier alpha value is -1.05. The molecule has 7 heteroatoms. The van der Waals surface area contributed by atoms with E-state index in [2.05, 4.69) is 5.32 Å². The number of benzene rings is 1. The van der Waals surface area contributed by atoms with Gasteiger partial charge in [0, 0.05) is 18.7 Å². The number of rotatable bonds is 2. The summed E-state index contributed by atoms with van der Waals surface area (Å²) in [5, 5.41) is 3.24. The number of hydrogen-bond donors (Lipinski definition) is 1. The minimum Gasteiger partial charge on any atom is -0.316 e. The third kappa shape index (κ3) is 2.13. The maximum absolute atomic E-state index is 13.2. The predicted molar refractivity (Wildman–Crippen MR) is 69.6 cm³/mol. The van der Waals surface area contributed by atoms with Crippen molar-refractivity contribution < 1.29 is 17.2 Å². The van der Waals surface area contributed by atoms with Crippen molar-refractivity contribution in [2.45, 2.75) is 17.9 Å². The average molecular weight is 302 g/mol. The van der Waals surface area contributed by atoms with Crippen LogP contribution >= 0.6 is 0 Å². The van der Waals surface area contributed by atoms with Crippen LogP contribution in [-0.4, -0.2) is 38.4 Å². The van der Waals surface area contributed by atoms with Crippen LogP contribution in [-0.2, 0) is 10.0 Å². The molecular formula is C13H16F2N2O2S. The zero-order valence-corrected chi connectivity index (χ0v) is 11.8. The molecule has 3 atom stereocenters. The van der Waals surface area contributed by atoms with Gasteiger partial charge in [-0.3, -0.25) is 0 Å². The van der Waals surface area contributed by atoms with E-state index in [1.165, 1.54) is 4.31 Å². The van der Waals surface area contributed by atoms with Crippen molar-refractivity contribution >= 4 is 10.0 Å². The van der Waals surface area contributed by atoms with E-state index >= 15 is 0 Å². The molecule has 2 saturated heterocycles. The van der Waals surface area contributed by atoms with Crippen LogP contribution in [0.1, 0.15) is 6.92 Å². The minimum absolute atomic E-state index is 0.161. The fourth-order valence-corrected chi connectivity index (χ4v) is 5.03. The average Bonchev–Trinajstić information content (AvgIpc) is 2.92. The van der Waals surface area contributed by atoms with Crippen LogP contribution in [0.25, 0.3) is 0 Å². The van der Waals surface area contributed by atoms with Gasteiger partial charge in [-0.15, -0.1) is 0 Å². The summed E-state index contributed by atoms with van der Waals surface area (Å²) in [6.07, 6.45) is 0. The van der Waals surface area contributed by atoms with Gasteiger partial charge in [0.2, 0.25) is 10.0 Å². The summed E-state index contributed by atoms with van der Waals surface area (Å²) < 4.78 is 53.0. The van der Waals surface area contributed by atoms with E-state index in [1.807, 2.05) is 6.92 Å². The van der Waals surface area contributed by atoms with E-state index in [9.17, 15) is 17.2 Å². The molecule has 2 aliphatic rings. The third-order valence-corrected chi connectivity index (χ3v) is 6.25. The molecule has 0 aliphatic carbocycles. The first-order valence-corrected chi connectivity index (χ1v) is 8.02. The Labute approximate surface area is 116 Å². The molecule has 2 aliphatic heterocycles. The van der Waals surface area contributed by atoms with Crippen molar-refractivity contribution in [2.75, 3.05) is 19.6 Å². The zero-order chi connectivity index (χ0) is 14.5. The van der Waals surface area contributed by atoms with Gasteiger partial charge in [-0.05, 0) is 44.0 Å². The highest BCUT2D eigenvalue weighted by molar-refractivity contribution is 7.89. The van der Waals surface area contributed by atoms with E-state index in [-0.39, 0.29) is 22.8 Å². The fourth-order valence-electron chi connectivity index (χ4n) is 3.26. The number of nitrogens with zero attached hydrogens (tertiary/aromatic N) is 1. The van der Waals surface area contributed by atoms with Crippen molar-refractivity contribution in [3.05, 3.63) is 29.8 Å². The largest absolute Gasteiger partial charge is 0.316 e. The second-order valence-corrected chi connectivity index (χ2v) is 7.39. The fraction of sp³-hybridized carbons (Fsp3) is 0.538. The lowest BCUT2D eigenvalue weighted by molar-refractivity contribution is 0.360. The van der Waals surface area contributed by atoms with Gasteiger partial charge in [0.1, 0.15) is 11.6 Å². The van der Waals surface area contributed by atoms with Crippen LogP contribution < -0.4 is 5.32 Å². The predicted octanol–water partition coefficient (Wildman–Crippen LogP) is 1.19. The van der Waals surface area contributed by atoms with Gasteiger partial charge in [-0.25, -0.2) is 17.2 Å². The van der Waals surface area contributed by atoms with Crippen molar-refractivity contribution in [1.29, 1.82) is 0 Å². The van der Waals surface area contributed by atoms with E-state index in [4.69, 9.17) is 0 Å². The number of hydrogen-bond acceptors (Lipinski definition) is 3. The number of halogens is 2. The van der Waals surface area contributed by atoms with Gasteiger partial charge in [0.05, 0.1) is 4.90 Å². The molecule has 0 amide bonds. The molecule has 3 rings (SSSR count). The Balaban J connectivity index is 1.96. The Morgan fingerprint density at radius 2 is 1.85 bits per heavy atom. The van der Waals surface area contributed by atoms with Gasteiger partial charge in [-0.1, -0.05) is 0 Å². The monoisotopic (exact) mass is 302 g/mol. The Morgan fingerprint density at radius 1 is 1.20 bits per heavy atom. The molecular weight excluding hydrogens is 286 g/mol. The lowest BCUT2D eigenvalue weighted by Gasteiger charge is -2.23. The van der Waals surface area contributed by atoms with Crippen LogP contribution in [0.4, 0.5) is 8.78 Å². The summed E-state index contributed by atoms with van der Waals surface area (Å²) in [5.74, 6) is -1.21. The van der Waals surface area contributed by atoms with Crippen molar-refractivity contribution in [3.63, 3.8) is 0 Å². The Morgan fingerprint density at radius 3 is 2.45 bits per heavy atom. The molecule has 0 bridgehead atoms. The van der Waals surface area contributed by atoms with E-state index in [0.717, 1.165) is 25.2 Å². The molecule has 4 nitrogen and oxygen atoms in total. The highest BCUT2D eigenvalue weighted by Gasteiger charge is 2.46. The number of fused-ring (bicyclic) bond motifs is 1. The number of nitrogens with one attached hydrogen (secondary N) is 1. The molecule has 0 aromatic heterocycles. The SMILES string of the molecule is CC1C2CNCC2CN1S(=O)(=O)c1cc(F)cc(F)c1. The first-order chi connectivity index (χ1) is 9.39. The Kier molecular flexibility index (Phi) is 3.30. The first-order valence-electron chi connectivity index (χ1n) is 6.58. The summed E-state index contributed by atoms with van der Waals surface area (Å²) in [7, 11) is -3.85. The second kappa shape index (κ2) is 4.75. The molecule has 110 valence electrons. The van der Waals surface area contributed by atoms with Crippen LogP contribution in [0, 0.1) is 23.5 Å². The van der Waals surface area contributed by atoms with Gasteiger partial charge < -0.3 is 5.32 Å². The van der Waals surface area contributed by atoms with Crippen LogP contribution in [0.15, 0.2) is 23.1 Å². The molecule has 2 heterocycles. The smallest absolute Gasteiger partial charge is 0.243 e. The van der Waals surface area contributed by atoms with Crippen molar-refractivity contribution in [3.8, 4) is 0 Å². The van der Waals surface area contributed by atoms with Gasteiger partial charge in [0.15, 0.2) is 0 Å². The van der Waals surface area contributed by atoms with E-state index in [0.29, 0.717) is 12.6 Å². The van der Waals surface area contributed by atoms with E-state index < -0.39 is 21.7 Å². The zero-order valence-electron chi connectivity index (χ0n) is 11.0. The molecule has 0 radical (unpaired) electrons. The summed E-state index contributed by atoms with van der Waals surface area (Å²) in [4.78, 5) is -0.310. The molecule has 20 heavy (non-hydrogen) atoms. The molecule has 1 N–H and O–H groups in total. The maximum atomic E-state index is 13.2. The molecule has 1 aromatic carbocycles. The topological polar surface area (TPSA) is 49.4 Å². The van der Waals surface area contributed by atoms with Gasteiger partial charge in [-0.2, -0.15) is 4.31 Å². The van der Waals surface area contributed by atoms with E-state index in [1.54, 1.807) is 0 Å². The van der Waals surface area contributed by atoms with Crippen LogP contribution in [0.5, 0.6) is 0 Å². The van der Waals surface area contributed by atoms with Gasteiger partial charge >= 0.3 is 0 Å². The third-order valence-electron chi connectivity index (χ3n) is 4.32. The van der Waals surface area contributed by atoms with Crippen LogP contribution in [0.3, 0.4) is 0 Å². The second-order valence-electron chi connectivity index (χ2n) is 5.50. The highest BCUT2D eigenvalue weighted by atomic mass is 32.2. The van der Waals surface area contributed by atoms with Crippen LogP contribution in [0.2, 0.25) is 0 Å². The standard InChI is InChI=1S/C13H16F2N2O2S/c1-8-13-6-16-5-9(13)7-17(8)20(18,19)12-3-10(14)2-11(15)4-12/h2-4,8-9,13,16H,5-7H2,1H3. The molecule has 0 spiro atoms. The lowest BCUT2D eigenvalue weighted by atomic mass is 9.95. The van der Waals surface area contributed by atoms with Crippen molar-refractivity contribution in [1.82, 2.24) is 9.62 Å². The molecule has 3 unspecified atom stereocenters. The summed E-state index contributed by atoms with van der Waals surface area (Å²) in [5.41, 5.74) is 0. The van der Waals surface area contributed by atoms with Crippen molar-refractivity contribution in [2.24, 2.45) is 11.8 Å². The normalized spacial score (nSPS) is 30.6. The summed E-state index contributed by atoms with van der Waals surface area (Å²) in [6.45, 7) is 3.83. The highest BCUT2D eigenvalue weighted by Crippen LogP contribution is 2.36. The molecule has 0 saturated carbocycles. The lowest BCUT2D eigenvalue weighted by Crippen LogP contribution is -2.38. The summed E-state index contributed by atoms with van der Waals surface area (Å²) >= 11 is 0.